The van der Waals surface area contributed by atoms with Gasteiger partial charge in [-0.25, -0.2) is 9.37 Å². The van der Waals surface area contributed by atoms with Crippen molar-refractivity contribution >= 4 is 0 Å². The highest BCUT2D eigenvalue weighted by Gasteiger charge is 2.45. The van der Waals surface area contributed by atoms with E-state index in [-0.39, 0.29) is 12.0 Å². The minimum Gasteiger partial charge on any atom is -0.379 e. The molecule has 0 bridgehead atoms. The Balaban J connectivity index is 1.54. The number of rotatable bonds is 3. The molecular weight excluding hydrogens is 369 g/mol. The van der Waals surface area contributed by atoms with Gasteiger partial charge in [-0.2, -0.15) is 10.4 Å². The maximum Gasteiger partial charge on any atom is 0.133 e. The van der Waals surface area contributed by atoms with Gasteiger partial charge in [0.25, 0.3) is 0 Å². The van der Waals surface area contributed by atoms with Crippen LogP contribution >= 0.6 is 0 Å². The van der Waals surface area contributed by atoms with Crippen LogP contribution in [-0.2, 0) is 5.60 Å². The molecule has 0 amide bonds. The lowest BCUT2D eigenvalue weighted by atomic mass is 9.86. The predicted octanol–water partition coefficient (Wildman–Crippen LogP) is 3.51. The van der Waals surface area contributed by atoms with Crippen LogP contribution in [0.25, 0.3) is 11.1 Å². The molecule has 2 aromatic carbocycles. The number of aromatic amines is 1. The van der Waals surface area contributed by atoms with Gasteiger partial charge in [0.2, 0.25) is 0 Å². The van der Waals surface area contributed by atoms with Crippen LogP contribution in [0.4, 0.5) is 4.39 Å². The Morgan fingerprint density at radius 3 is 2.69 bits per heavy atom. The average molecular weight is 385 g/mol. The number of hydrogen-bond acceptors (Lipinski definition) is 4. The molecule has 2 aromatic heterocycles. The van der Waals surface area contributed by atoms with Gasteiger partial charge in [-0.15, -0.1) is 0 Å². The minimum absolute atomic E-state index is 0.264. The van der Waals surface area contributed by atoms with Crippen molar-refractivity contribution in [2.45, 2.75) is 18.1 Å². The Bertz CT molecular complexity index is 1220. The number of H-pyrrole nitrogens is 1. The van der Waals surface area contributed by atoms with Crippen LogP contribution in [0.2, 0.25) is 0 Å². The van der Waals surface area contributed by atoms with Gasteiger partial charge in [-0.1, -0.05) is 30.3 Å². The van der Waals surface area contributed by atoms with E-state index in [9.17, 15) is 9.50 Å². The summed E-state index contributed by atoms with van der Waals surface area (Å²) in [6, 6.07) is 13.5. The lowest BCUT2D eigenvalue weighted by Gasteiger charge is -2.23. The summed E-state index contributed by atoms with van der Waals surface area (Å²) in [5, 5.41) is 27.3. The van der Waals surface area contributed by atoms with Crippen LogP contribution in [0, 0.1) is 17.1 Å². The van der Waals surface area contributed by atoms with Gasteiger partial charge in [-0.05, 0) is 23.3 Å². The second-order valence-corrected chi connectivity index (χ2v) is 7.18. The lowest BCUT2D eigenvalue weighted by molar-refractivity contribution is 0.0792. The topological polar surface area (TPSA) is 90.5 Å². The first-order chi connectivity index (χ1) is 14.1. The van der Waals surface area contributed by atoms with Crippen LogP contribution in [0.5, 0.6) is 0 Å². The molecule has 0 saturated heterocycles. The van der Waals surface area contributed by atoms with E-state index in [4.69, 9.17) is 5.26 Å². The zero-order chi connectivity index (χ0) is 20.0. The van der Waals surface area contributed by atoms with E-state index in [0.29, 0.717) is 16.8 Å². The molecule has 142 valence electrons. The third-order valence-electron chi connectivity index (χ3n) is 5.60. The van der Waals surface area contributed by atoms with Crippen LogP contribution in [-0.4, -0.2) is 24.9 Å². The first kappa shape index (κ1) is 17.3. The molecule has 0 fully saturated rings. The fourth-order valence-electron chi connectivity index (χ4n) is 4.10. The normalized spacial score (nSPS) is 20.4. The molecule has 0 aliphatic carbocycles. The summed E-state index contributed by atoms with van der Waals surface area (Å²) in [5.74, 6) is -0.465. The highest BCUT2D eigenvalue weighted by atomic mass is 19.1. The lowest BCUT2D eigenvalue weighted by Crippen LogP contribution is -2.24. The van der Waals surface area contributed by atoms with E-state index in [1.54, 1.807) is 41.6 Å². The van der Waals surface area contributed by atoms with E-state index >= 15 is 0 Å². The van der Waals surface area contributed by atoms with Gasteiger partial charge < -0.3 is 9.67 Å². The zero-order valence-electron chi connectivity index (χ0n) is 15.2. The average Bonchev–Trinajstić information content (AvgIpc) is 3.48. The van der Waals surface area contributed by atoms with Gasteiger partial charge in [0.05, 0.1) is 42.1 Å². The number of imidazole rings is 1. The number of hydrogen-bond donors (Lipinski definition) is 2. The summed E-state index contributed by atoms with van der Waals surface area (Å²) < 4.78 is 16.5. The molecule has 3 heterocycles. The van der Waals surface area contributed by atoms with Crippen molar-refractivity contribution in [1.82, 2.24) is 19.7 Å². The monoisotopic (exact) mass is 385 g/mol. The van der Waals surface area contributed by atoms with E-state index in [1.807, 2.05) is 30.3 Å². The van der Waals surface area contributed by atoms with Crippen molar-refractivity contribution in [3.8, 4) is 17.2 Å². The van der Waals surface area contributed by atoms with Crippen molar-refractivity contribution < 1.29 is 9.50 Å². The summed E-state index contributed by atoms with van der Waals surface area (Å²) in [7, 11) is 0. The van der Waals surface area contributed by atoms with E-state index < -0.39 is 17.5 Å². The molecule has 0 radical (unpaired) electrons. The Hall–Kier alpha value is -3.76. The van der Waals surface area contributed by atoms with Crippen molar-refractivity contribution in [2.24, 2.45) is 0 Å². The second-order valence-electron chi connectivity index (χ2n) is 7.18. The smallest absolute Gasteiger partial charge is 0.133 e. The zero-order valence-corrected chi connectivity index (χ0v) is 15.2. The maximum absolute atomic E-state index is 14.7. The summed E-state index contributed by atoms with van der Waals surface area (Å²) in [6.45, 7) is 0. The van der Waals surface area contributed by atoms with Gasteiger partial charge in [0.1, 0.15) is 11.4 Å². The van der Waals surface area contributed by atoms with Crippen LogP contribution in [0.15, 0.2) is 67.4 Å². The van der Waals surface area contributed by atoms with Crippen LogP contribution < -0.4 is 0 Å². The number of nitrogens with zero attached hydrogens (tertiary/aromatic N) is 4. The Morgan fingerprint density at radius 1 is 1.17 bits per heavy atom. The number of aromatic nitrogens is 4. The predicted molar refractivity (Wildman–Crippen MR) is 103 cm³/mol. The molecule has 2 atom stereocenters. The molecule has 0 unspecified atom stereocenters. The molecule has 5 rings (SSSR count). The largest absolute Gasteiger partial charge is 0.379 e. The molecule has 6 nitrogen and oxygen atoms in total. The van der Waals surface area contributed by atoms with Crippen LogP contribution in [0.1, 0.15) is 34.8 Å². The van der Waals surface area contributed by atoms with Crippen LogP contribution in [0.3, 0.4) is 0 Å². The summed E-state index contributed by atoms with van der Waals surface area (Å²) in [6.07, 6.45) is 7.04. The fourth-order valence-corrected chi connectivity index (χ4v) is 4.10. The number of fused-ring (bicyclic) bond motifs is 1. The van der Waals surface area contributed by atoms with Gasteiger partial charge in [-0.3, -0.25) is 5.10 Å². The molecule has 7 heteroatoms. The number of nitrogens with one attached hydrogen (secondary N) is 1. The Kier molecular flexibility index (Phi) is 3.83. The standard InChI is InChI=1S/C22H16FN5O/c23-19-7-14(9-24)1-6-18(19)20-8-22(29,21-12-25-13-28(20)21)17-4-2-15(3-5-17)16-10-26-27-11-16/h1-7,10-13,20,29H,8H2,(H,26,27)/t20-,22+/m1/s1. The third-order valence-corrected chi connectivity index (χ3v) is 5.60. The summed E-state index contributed by atoms with van der Waals surface area (Å²) in [5.41, 5.74) is 2.65. The van der Waals surface area contributed by atoms with E-state index in [1.165, 1.54) is 6.07 Å². The van der Waals surface area contributed by atoms with E-state index in [2.05, 4.69) is 15.2 Å². The molecule has 29 heavy (non-hydrogen) atoms. The molecule has 0 spiro atoms. The van der Waals surface area contributed by atoms with E-state index in [0.717, 1.165) is 11.1 Å². The number of halogens is 1. The quantitative estimate of drug-likeness (QED) is 0.565. The molecule has 1 aliphatic rings. The van der Waals surface area contributed by atoms with Crippen molar-refractivity contribution in [1.29, 1.82) is 5.26 Å². The molecule has 1 aliphatic heterocycles. The maximum atomic E-state index is 14.7. The Labute approximate surface area is 165 Å². The molecular formula is C22H16FN5O. The number of benzene rings is 2. The highest BCUT2D eigenvalue weighted by molar-refractivity contribution is 5.62. The number of nitriles is 1. The molecule has 0 saturated carbocycles. The van der Waals surface area contributed by atoms with Gasteiger partial charge >= 0.3 is 0 Å². The molecule has 4 aromatic rings. The van der Waals surface area contributed by atoms with Gasteiger partial charge in [0, 0.05) is 23.7 Å². The first-order valence-corrected chi connectivity index (χ1v) is 9.14. The highest BCUT2D eigenvalue weighted by Crippen LogP contribution is 2.47. The molecule has 2 N–H and O–H groups in total. The minimum atomic E-state index is -1.30. The third kappa shape index (κ3) is 2.65. The summed E-state index contributed by atoms with van der Waals surface area (Å²) >= 11 is 0. The fraction of sp³-hybridized carbons (Fsp3) is 0.136. The van der Waals surface area contributed by atoms with Crippen molar-refractivity contribution in [3.63, 3.8) is 0 Å². The second kappa shape index (κ2) is 6.40. The summed E-state index contributed by atoms with van der Waals surface area (Å²) in [4.78, 5) is 4.18. The SMILES string of the molecule is N#Cc1ccc([C@H]2C[C@](O)(c3ccc(-c4cn[nH]c4)cc3)c3cncn32)c(F)c1. The number of aliphatic hydroxyl groups is 1. The van der Waals surface area contributed by atoms with Crippen molar-refractivity contribution in [2.75, 3.05) is 0 Å². The first-order valence-electron chi connectivity index (χ1n) is 9.14. The van der Waals surface area contributed by atoms with Gasteiger partial charge in [0.15, 0.2) is 0 Å². The Morgan fingerprint density at radius 2 is 2.00 bits per heavy atom. The van der Waals surface area contributed by atoms with Crippen molar-refractivity contribution in [3.05, 3.63) is 95.6 Å².